The lowest BCUT2D eigenvalue weighted by atomic mass is 10.6. The molecule has 0 bridgehead atoms. The van der Waals surface area contributed by atoms with Gasteiger partial charge >= 0.3 is 5.97 Å². The number of carbonyl (C=O) groups excluding carboxylic acids is 1. The summed E-state index contributed by atoms with van der Waals surface area (Å²) in [5.74, 6) is -1.49. The molecule has 0 aromatic heterocycles. The van der Waals surface area contributed by atoms with Crippen molar-refractivity contribution in [1.82, 2.24) is 5.32 Å². The fourth-order valence-corrected chi connectivity index (χ4v) is 1.35. The number of nitrogens with one attached hydrogen (secondary N) is 1. The van der Waals surface area contributed by atoms with Crippen LogP contribution in [0.15, 0.2) is 0 Å². The highest BCUT2D eigenvalue weighted by Crippen LogP contribution is 1.82. The predicted molar refractivity (Wildman–Crippen MR) is 80.4 cm³/mol. The number of ether oxygens (including phenoxy) is 5. The van der Waals surface area contributed by atoms with Crippen LogP contribution in [0.3, 0.4) is 0 Å². The van der Waals surface area contributed by atoms with E-state index < -0.39 is 12.6 Å². The number of amides is 1. The van der Waals surface area contributed by atoms with Crippen molar-refractivity contribution in [3.8, 4) is 0 Å². The van der Waals surface area contributed by atoms with E-state index in [2.05, 4.69) is 10.1 Å². The van der Waals surface area contributed by atoms with Gasteiger partial charge in [0, 0.05) is 13.2 Å². The second-order valence-corrected chi connectivity index (χ2v) is 4.27. The first kappa shape index (κ1) is 21.7. The summed E-state index contributed by atoms with van der Waals surface area (Å²) in [6, 6.07) is 0. The number of hydrogen-bond donors (Lipinski definition) is 2. The maximum absolute atomic E-state index is 11.2. The lowest BCUT2D eigenvalue weighted by Gasteiger charge is -2.08. The van der Waals surface area contributed by atoms with Gasteiger partial charge in [0.25, 0.3) is 0 Å². The second kappa shape index (κ2) is 17.1. The molecule has 0 rings (SSSR count). The second-order valence-electron chi connectivity index (χ2n) is 4.27. The highest BCUT2D eigenvalue weighted by molar-refractivity contribution is 5.77. The fraction of sp³-hybridized carbons (Fsp3) is 0.857. The fourth-order valence-electron chi connectivity index (χ4n) is 1.35. The average molecular weight is 337 g/mol. The van der Waals surface area contributed by atoms with Gasteiger partial charge in [0.2, 0.25) is 5.91 Å². The molecular weight excluding hydrogens is 310 g/mol. The Kier molecular flexibility index (Phi) is 16.2. The summed E-state index contributed by atoms with van der Waals surface area (Å²) >= 11 is 0. The topological polar surface area (TPSA) is 113 Å². The molecule has 0 unspecified atom stereocenters. The molecule has 0 aliphatic rings. The maximum atomic E-state index is 11.2. The summed E-state index contributed by atoms with van der Waals surface area (Å²) in [4.78, 5) is 21.4. The van der Waals surface area contributed by atoms with E-state index in [1.807, 2.05) is 6.92 Å². The molecule has 0 aromatic rings. The van der Waals surface area contributed by atoms with E-state index >= 15 is 0 Å². The summed E-state index contributed by atoms with van der Waals surface area (Å²) < 4.78 is 25.6. The van der Waals surface area contributed by atoms with Crippen molar-refractivity contribution < 1.29 is 38.4 Å². The van der Waals surface area contributed by atoms with Crippen LogP contribution in [0.2, 0.25) is 0 Å². The highest BCUT2D eigenvalue weighted by atomic mass is 16.6. The van der Waals surface area contributed by atoms with E-state index in [0.717, 1.165) is 0 Å². The van der Waals surface area contributed by atoms with E-state index in [-0.39, 0.29) is 12.5 Å². The summed E-state index contributed by atoms with van der Waals surface area (Å²) in [5.41, 5.74) is 0. The molecule has 9 heteroatoms. The Morgan fingerprint density at radius 2 is 1.30 bits per heavy atom. The number of carboxylic acid groups (broad SMARTS) is 1. The molecule has 0 spiro atoms. The van der Waals surface area contributed by atoms with Crippen LogP contribution in [0.4, 0.5) is 0 Å². The number of hydrogen-bond acceptors (Lipinski definition) is 7. The van der Waals surface area contributed by atoms with Crippen LogP contribution in [0.1, 0.15) is 6.92 Å². The van der Waals surface area contributed by atoms with Crippen LogP contribution >= 0.6 is 0 Å². The zero-order valence-electron chi connectivity index (χ0n) is 13.6. The zero-order chi connectivity index (χ0) is 17.2. The summed E-state index contributed by atoms with van der Waals surface area (Å²) in [5, 5.41) is 10.9. The van der Waals surface area contributed by atoms with Crippen LogP contribution in [0.5, 0.6) is 0 Å². The third-order valence-electron chi connectivity index (χ3n) is 2.35. The lowest BCUT2D eigenvalue weighted by Crippen LogP contribution is -2.31. The summed E-state index contributed by atoms with van der Waals surface area (Å²) in [7, 11) is 0. The van der Waals surface area contributed by atoms with Crippen LogP contribution in [0.25, 0.3) is 0 Å². The van der Waals surface area contributed by atoms with Gasteiger partial charge < -0.3 is 34.1 Å². The molecule has 1 amide bonds. The normalized spacial score (nSPS) is 10.7. The molecule has 0 atom stereocenters. The first-order chi connectivity index (χ1) is 11.2. The Morgan fingerprint density at radius 3 is 1.83 bits per heavy atom. The Balaban J connectivity index is 3.12. The van der Waals surface area contributed by atoms with E-state index in [9.17, 15) is 9.59 Å². The van der Waals surface area contributed by atoms with Gasteiger partial charge in [-0.1, -0.05) is 0 Å². The number of rotatable bonds is 17. The Morgan fingerprint density at radius 1 is 0.783 bits per heavy atom. The molecule has 0 heterocycles. The first-order valence-electron chi connectivity index (χ1n) is 7.54. The molecule has 0 radical (unpaired) electrons. The van der Waals surface area contributed by atoms with Gasteiger partial charge in [0.05, 0.1) is 46.2 Å². The highest BCUT2D eigenvalue weighted by Gasteiger charge is 2.02. The average Bonchev–Trinajstić information content (AvgIpc) is 2.51. The van der Waals surface area contributed by atoms with Crippen LogP contribution in [-0.4, -0.2) is 89.6 Å². The molecule has 0 saturated carbocycles. The summed E-state index contributed by atoms with van der Waals surface area (Å²) in [6.07, 6.45) is 0. The van der Waals surface area contributed by atoms with Crippen molar-refractivity contribution >= 4 is 11.9 Å². The number of carboxylic acids is 1. The van der Waals surface area contributed by atoms with Crippen molar-refractivity contribution in [2.24, 2.45) is 0 Å². The van der Waals surface area contributed by atoms with Gasteiger partial charge in [-0.05, 0) is 6.92 Å². The molecule has 0 aliphatic carbocycles. The minimum Gasteiger partial charge on any atom is -0.480 e. The molecule has 0 fully saturated rings. The van der Waals surface area contributed by atoms with Gasteiger partial charge in [-0.3, -0.25) is 4.79 Å². The van der Waals surface area contributed by atoms with Crippen molar-refractivity contribution in [1.29, 1.82) is 0 Å². The molecule has 0 aliphatic heterocycles. The minimum absolute atomic E-state index is 0.279. The first-order valence-corrected chi connectivity index (χ1v) is 7.54. The third-order valence-corrected chi connectivity index (χ3v) is 2.35. The Hall–Kier alpha value is -1.26. The Labute approximate surface area is 136 Å². The van der Waals surface area contributed by atoms with Gasteiger partial charge in [-0.2, -0.15) is 0 Å². The van der Waals surface area contributed by atoms with Crippen LogP contribution < -0.4 is 5.32 Å². The van der Waals surface area contributed by atoms with E-state index in [1.54, 1.807) is 0 Å². The SMILES string of the molecule is CCOCCOCCOCCOCCNC(=O)COCC(=O)O. The van der Waals surface area contributed by atoms with Gasteiger partial charge in [0.15, 0.2) is 0 Å². The predicted octanol–water partition coefficient (Wildman–Crippen LogP) is -0.710. The van der Waals surface area contributed by atoms with Crippen LogP contribution in [0, 0.1) is 0 Å². The van der Waals surface area contributed by atoms with Gasteiger partial charge in [-0.25, -0.2) is 4.79 Å². The number of carbonyl (C=O) groups is 2. The summed E-state index contributed by atoms with van der Waals surface area (Å²) in [6.45, 7) is 5.55. The molecule has 0 aromatic carbocycles. The maximum Gasteiger partial charge on any atom is 0.329 e. The molecular formula is C14H27NO8. The Bertz CT molecular complexity index is 301. The largest absolute Gasteiger partial charge is 0.480 e. The molecule has 23 heavy (non-hydrogen) atoms. The third kappa shape index (κ3) is 18.7. The van der Waals surface area contributed by atoms with Gasteiger partial charge in [-0.15, -0.1) is 0 Å². The van der Waals surface area contributed by atoms with E-state index in [0.29, 0.717) is 59.4 Å². The van der Waals surface area contributed by atoms with Gasteiger partial charge in [0.1, 0.15) is 13.2 Å². The van der Waals surface area contributed by atoms with Crippen molar-refractivity contribution in [3.05, 3.63) is 0 Å². The monoisotopic (exact) mass is 337 g/mol. The molecule has 0 saturated heterocycles. The quantitative estimate of drug-likeness (QED) is 0.335. The number of aliphatic carboxylic acids is 1. The van der Waals surface area contributed by atoms with Crippen molar-refractivity contribution in [2.75, 3.05) is 72.6 Å². The molecule has 9 nitrogen and oxygen atoms in total. The minimum atomic E-state index is -1.11. The molecule has 2 N–H and O–H groups in total. The lowest BCUT2D eigenvalue weighted by molar-refractivity contribution is -0.143. The van der Waals surface area contributed by atoms with Crippen LogP contribution in [-0.2, 0) is 33.3 Å². The smallest absolute Gasteiger partial charge is 0.329 e. The van der Waals surface area contributed by atoms with E-state index in [1.165, 1.54) is 0 Å². The van der Waals surface area contributed by atoms with Crippen molar-refractivity contribution in [3.63, 3.8) is 0 Å². The molecule has 136 valence electrons. The van der Waals surface area contributed by atoms with Crippen molar-refractivity contribution in [2.45, 2.75) is 6.92 Å². The zero-order valence-corrected chi connectivity index (χ0v) is 13.6. The standard InChI is InChI=1S/C14H27NO8/c1-2-19-5-6-21-9-10-22-8-7-20-4-3-15-13(16)11-23-12-14(17)18/h2-12H2,1H3,(H,15,16)(H,17,18). The van der Waals surface area contributed by atoms with E-state index in [4.69, 9.17) is 24.1 Å².